The maximum Gasteiger partial charge on any atom is 0.341 e. The molecule has 0 aromatic heterocycles. The van der Waals surface area contributed by atoms with Crippen molar-refractivity contribution in [3.05, 3.63) is 33.3 Å². The second-order valence-corrected chi connectivity index (χ2v) is 3.56. The normalized spacial score (nSPS) is 10.0. The Bertz CT molecular complexity index is 361. The van der Waals surface area contributed by atoms with E-state index in [9.17, 15) is 4.79 Å². The lowest BCUT2D eigenvalue weighted by Gasteiger charge is -2.07. The summed E-state index contributed by atoms with van der Waals surface area (Å²) in [7, 11) is 0. The monoisotopic (exact) mass is 232 g/mol. The average molecular weight is 233 g/mol. The number of hydrogen-bond donors (Lipinski definition) is 0. The van der Waals surface area contributed by atoms with Crippen LogP contribution in [0.25, 0.3) is 0 Å². The number of rotatable bonds is 2. The predicted octanol–water partition coefficient (Wildman–Crippen LogP) is 3.48. The Morgan fingerprint density at radius 1 is 1.43 bits per heavy atom. The van der Waals surface area contributed by atoms with E-state index in [4.69, 9.17) is 27.9 Å². The zero-order chi connectivity index (χ0) is 10.7. The van der Waals surface area contributed by atoms with Crippen molar-refractivity contribution in [2.24, 2.45) is 0 Å². The third-order valence-corrected chi connectivity index (χ3v) is 2.57. The number of esters is 1. The van der Waals surface area contributed by atoms with Crippen LogP contribution in [0.3, 0.4) is 0 Å². The van der Waals surface area contributed by atoms with Crippen LogP contribution >= 0.6 is 23.2 Å². The smallest absolute Gasteiger partial charge is 0.341 e. The zero-order valence-electron chi connectivity index (χ0n) is 7.93. The molecule has 0 atom stereocenters. The first-order valence-electron chi connectivity index (χ1n) is 4.19. The topological polar surface area (TPSA) is 26.3 Å². The van der Waals surface area contributed by atoms with Gasteiger partial charge in [-0.15, -0.1) is 0 Å². The molecule has 0 saturated carbocycles. The van der Waals surface area contributed by atoms with Crippen molar-refractivity contribution in [1.29, 1.82) is 0 Å². The average Bonchev–Trinajstić information content (AvgIpc) is 2.13. The minimum absolute atomic E-state index is 0.246. The van der Waals surface area contributed by atoms with Gasteiger partial charge in [0.25, 0.3) is 0 Å². The summed E-state index contributed by atoms with van der Waals surface area (Å²) in [4.78, 5) is 11.4. The van der Waals surface area contributed by atoms with E-state index in [2.05, 4.69) is 0 Å². The summed E-state index contributed by atoms with van der Waals surface area (Å²) in [6.07, 6.45) is 0. The van der Waals surface area contributed by atoms with E-state index in [1.54, 1.807) is 26.0 Å². The zero-order valence-corrected chi connectivity index (χ0v) is 9.45. The Morgan fingerprint density at radius 3 is 2.64 bits per heavy atom. The molecule has 0 radical (unpaired) electrons. The Hall–Kier alpha value is -0.730. The summed E-state index contributed by atoms with van der Waals surface area (Å²) in [6.45, 7) is 3.84. The summed E-state index contributed by atoms with van der Waals surface area (Å²) >= 11 is 11.8. The van der Waals surface area contributed by atoms with Crippen LogP contribution in [0.2, 0.25) is 10.0 Å². The van der Waals surface area contributed by atoms with Gasteiger partial charge >= 0.3 is 5.97 Å². The summed E-state index contributed by atoms with van der Waals surface area (Å²) in [5, 5.41) is 0.676. The minimum atomic E-state index is -0.480. The van der Waals surface area contributed by atoms with Gasteiger partial charge in [-0.2, -0.15) is 0 Å². The standard InChI is InChI=1S/C10H10Cl2O2/c1-3-14-10(13)8-7(11)5-4-6(2)9(8)12/h4-5H,3H2,1-2H3. The van der Waals surface area contributed by atoms with Crippen molar-refractivity contribution in [3.63, 3.8) is 0 Å². The molecule has 0 unspecified atom stereocenters. The fourth-order valence-corrected chi connectivity index (χ4v) is 1.57. The van der Waals surface area contributed by atoms with Gasteiger partial charge in [-0.1, -0.05) is 29.3 Å². The molecule has 0 heterocycles. The number of carbonyl (C=O) groups excluding carboxylic acids is 1. The van der Waals surface area contributed by atoms with E-state index in [-0.39, 0.29) is 5.56 Å². The van der Waals surface area contributed by atoms with Crippen molar-refractivity contribution < 1.29 is 9.53 Å². The van der Waals surface area contributed by atoms with Crippen molar-refractivity contribution in [1.82, 2.24) is 0 Å². The van der Waals surface area contributed by atoms with Gasteiger partial charge in [0.15, 0.2) is 0 Å². The molecule has 0 bridgehead atoms. The van der Waals surface area contributed by atoms with E-state index >= 15 is 0 Å². The lowest BCUT2D eigenvalue weighted by Crippen LogP contribution is -2.06. The Balaban J connectivity index is 3.18. The van der Waals surface area contributed by atoms with Crippen LogP contribution in [0, 0.1) is 6.92 Å². The summed E-state index contributed by atoms with van der Waals surface area (Å²) in [6, 6.07) is 3.39. The van der Waals surface area contributed by atoms with Gasteiger partial charge in [0, 0.05) is 0 Å². The van der Waals surface area contributed by atoms with Crippen LogP contribution in [0.5, 0.6) is 0 Å². The molecule has 0 saturated heterocycles. The second kappa shape index (κ2) is 4.67. The van der Waals surface area contributed by atoms with Crippen molar-refractivity contribution in [3.8, 4) is 0 Å². The molecule has 1 aromatic carbocycles. The van der Waals surface area contributed by atoms with Gasteiger partial charge < -0.3 is 4.74 Å². The van der Waals surface area contributed by atoms with E-state index in [0.29, 0.717) is 16.7 Å². The quantitative estimate of drug-likeness (QED) is 0.731. The van der Waals surface area contributed by atoms with Gasteiger partial charge in [0.1, 0.15) is 0 Å². The minimum Gasteiger partial charge on any atom is -0.462 e. The van der Waals surface area contributed by atoms with E-state index < -0.39 is 5.97 Å². The summed E-state index contributed by atoms with van der Waals surface area (Å²) in [5.74, 6) is -0.480. The summed E-state index contributed by atoms with van der Waals surface area (Å²) < 4.78 is 4.84. The predicted molar refractivity (Wildman–Crippen MR) is 57.2 cm³/mol. The molecule has 0 aliphatic carbocycles. The van der Waals surface area contributed by atoms with E-state index in [1.807, 2.05) is 0 Å². The number of benzene rings is 1. The molecule has 0 aliphatic rings. The van der Waals surface area contributed by atoms with Crippen molar-refractivity contribution in [2.45, 2.75) is 13.8 Å². The van der Waals surface area contributed by atoms with Gasteiger partial charge in [0.05, 0.1) is 22.2 Å². The van der Waals surface area contributed by atoms with Crippen LogP contribution in [0.1, 0.15) is 22.8 Å². The van der Waals surface area contributed by atoms with Crippen LogP contribution in [-0.4, -0.2) is 12.6 Å². The molecule has 0 N–H and O–H groups in total. The largest absolute Gasteiger partial charge is 0.462 e. The number of ether oxygens (including phenoxy) is 1. The lowest BCUT2D eigenvalue weighted by molar-refractivity contribution is 0.0526. The number of halogens is 2. The Kier molecular flexibility index (Phi) is 3.78. The van der Waals surface area contributed by atoms with Gasteiger partial charge in [-0.05, 0) is 25.5 Å². The van der Waals surface area contributed by atoms with Crippen LogP contribution in [0.4, 0.5) is 0 Å². The molecule has 4 heteroatoms. The molecule has 0 fully saturated rings. The van der Waals surface area contributed by atoms with Gasteiger partial charge in [-0.3, -0.25) is 0 Å². The lowest BCUT2D eigenvalue weighted by atomic mass is 10.1. The number of carbonyl (C=O) groups is 1. The van der Waals surface area contributed by atoms with Crippen LogP contribution in [-0.2, 0) is 4.74 Å². The molecule has 1 aromatic rings. The molecule has 0 amide bonds. The van der Waals surface area contributed by atoms with Crippen molar-refractivity contribution >= 4 is 29.2 Å². The van der Waals surface area contributed by atoms with Crippen molar-refractivity contribution in [2.75, 3.05) is 6.61 Å². The number of hydrogen-bond acceptors (Lipinski definition) is 2. The molecule has 2 nitrogen and oxygen atoms in total. The van der Waals surface area contributed by atoms with Crippen LogP contribution in [0.15, 0.2) is 12.1 Å². The highest BCUT2D eigenvalue weighted by molar-refractivity contribution is 6.39. The molecule has 0 aliphatic heterocycles. The third kappa shape index (κ3) is 2.20. The van der Waals surface area contributed by atoms with E-state index in [1.165, 1.54) is 0 Å². The summed E-state index contributed by atoms with van der Waals surface area (Å²) in [5.41, 5.74) is 1.05. The highest BCUT2D eigenvalue weighted by Gasteiger charge is 2.16. The Labute approximate surface area is 92.8 Å². The van der Waals surface area contributed by atoms with Crippen LogP contribution < -0.4 is 0 Å². The molecule has 1 rings (SSSR count). The first kappa shape index (κ1) is 11.3. The molecular weight excluding hydrogens is 223 g/mol. The maximum absolute atomic E-state index is 11.4. The van der Waals surface area contributed by atoms with Gasteiger partial charge in [-0.25, -0.2) is 4.79 Å². The highest BCUT2D eigenvalue weighted by Crippen LogP contribution is 2.28. The first-order valence-corrected chi connectivity index (χ1v) is 4.95. The molecular formula is C10H10Cl2O2. The maximum atomic E-state index is 11.4. The van der Waals surface area contributed by atoms with E-state index in [0.717, 1.165) is 5.56 Å². The first-order chi connectivity index (χ1) is 6.57. The fourth-order valence-electron chi connectivity index (χ4n) is 1.05. The molecule has 0 spiro atoms. The molecule has 14 heavy (non-hydrogen) atoms. The van der Waals surface area contributed by atoms with Gasteiger partial charge in [0.2, 0.25) is 0 Å². The SMILES string of the molecule is CCOC(=O)c1c(Cl)ccc(C)c1Cl. The Morgan fingerprint density at radius 2 is 2.07 bits per heavy atom. The second-order valence-electron chi connectivity index (χ2n) is 2.77. The fraction of sp³-hybridized carbons (Fsp3) is 0.300. The number of aryl methyl sites for hydroxylation is 1. The third-order valence-electron chi connectivity index (χ3n) is 1.76. The molecule has 76 valence electrons. The highest BCUT2D eigenvalue weighted by atomic mass is 35.5.